The molecule has 106 valence electrons. The minimum Gasteiger partial charge on any atom is -0.444 e. The number of carbonyl (C=O) groups excluding carboxylic acids is 1. The van der Waals surface area contributed by atoms with Gasteiger partial charge in [-0.15, -0.1) is 0 Å². The summed E-state index contributed by atoms with van der Waals surface area (Å²) < 4.78 is 5.42. The maximum Gasteiger partial charge on any atom is 0.228 e. The van der Waals surface area contributed by atoms with Gasteiger partial charge in [0.15, 0.2) is 0 Å². The molecule has 0 bridgehead atoms. The zero-order valence-electron chi connectivity index (χ0n) is 11.8. The van der Waals surface area contributed by atoms with Crippen molar-refractivity contribution in [3.8, 4) is 11.5 Å². The first kappa shape index (κ1) is 14.3. The standard InChI is InChI=1S/C15H19N3O2/c1-16-8-9-18(2)14(19)10-13-11-20-15(17-13)12-6-4-3-5-7-12/h3-7,11,16H,8-10H2,1-2H3. The van der Waals surface area contributed by atoms with Gasteiger partial charge in [0.1, 0.15) is 6.26 Å². The lowest BCUT2D eigenvalue weighted by Crippen LogP contribution is -2.33. The second kappa shape index (κ2) is 6.86. The zero-order chi connectivity index (χ0) is 14.4. The third-order valence-corrected chi connectivity index (χ3v) is 3.03. The second-order valence-electron chi connectivity index (χ2n) is 4.61. The van der Waals surface area contributed by atoms with Crippen LogP contribution < -0.4 is 5.32 Å². The summed E-state index contributed by atoms with van der Waals surface area (Å²) in [5.74, 6) is 0.583. The fourth-order valence-electron chi connectivity index (χ4n) is 1.80. The van der Waals surface area contributed by atoms with Crippen molar-refractivity contribution >= 4 is 5.91 Å². The van der Waals surface area contributed by atoms with Gasteiger partial charge in [-0.2, -0.15) is 0 Å². The fraction of sp³-hybridized carbons (Fsp3) is 0.333. The molecule has 0 aliphatic rings. The van der Waals surface area contributed by atoms with Crippen molar-refractivity contribution in [3.05, 3.63) is 42.3 Å². The number of amides is 1. The highest BCUT2D eigenvalue weighted by Crippen LogP contribution is 2.18. The van der Waals surface area contributed by atoms with E-state index in [0.717, 1.165) is 12.1 Å². The monoisotopic (exact) mass is 273 g/mol. The van der Waals surface area contributed by atoms with Crippen molar-refractivity contribution in [1.82, 2.24) is 15.2 Å². The molecule has 0 saturated heterocycles. The molecule has 5 heteroatoms. The minimum atomic E-state index is 0.0353. The maximum atomic E-state index is 12.0. The second-order valence-corrected chi connectivity index (χ2v) is 4.61. The van der Waals surface area contributed by atoms with Crippen LogP contribution in [0.1, 0.15) is 5.69 Å². The Bertz CT molecular complexity index is 551. The van der Waals surface area contributed by atoms with Crippen molar-refractivity contribution in [2.24, 2.45) is 0 Å². The van der Waals surface area contributed by atoms with E-state index in [9.17, 15) is 4.79 Å². The van der Waals surface area contributed by atoms with Gasteiger partial charge in [0.2, 0.25) is 11.8 Å². The van der Waals surface area contributed by atoms with E-state index in [1.165, 1.54) is 0 Å². The Morgan fingerprint density at radius 3 is 2.80 bits per heavy atom. The molecule has 0 aliphatic heterocycles. The van der Waals surface area contributed by atoms with Crippen molar-refractivity contribution in [3.63, 3.8) is 0 Å². The molecule has 0 atom stereocenters. The van der Waals surface area contributed by atoms with Gasteiger partial charge in [-0.05, 0) is 19.2 Å². The Morgan fingerprint density at radius 2 is 2.10 bits per heavy atom. The Morgan fingerprint density at radius 1 is 1.35 bits per heavy atom. The Hall–Kier alpha value is -2.14. The van der Waals surface area contributed by atoms with Crippen LogP contribution in [-0.4, -0.2) is 43.0 Å². The van der Waals surface area contributed by atoms with E-state index in [1.54, 1.807) is 18.2 Å². The normalized spacial score (nSPS) is 10.5. The average molecular weight is 273 g/mol. The minimum absolute atomic E-state index is 0.0353. The van der Waals surface area contributed by atoms with Gasteiger partial charge in [0.05, 0.1) is 12.1 Å². The van der Waals surface area contributed by atoms with Crippen LogP contribution in [0, 0.1) is 0 Å². The molecular weight excluding hydrogens is 254 g/mol. The molecule has 2 aromatic rings. The van der Waals surface area contributed by atoms with Gasteiger partial charge < -0.3 is 14.6 Å². The largest absolute Gasteiger partial charge is 0.444 e. The first-order valence-corrected chi connectivity index (χ1v) is 6.59. The smallest absolute Gasteiger partial charge is 0.228 e. The van der Waals surface area contributed by atoms with E-state index in [1.807, 2.05) is 37.4 Å². The highest BCUT2D eigenvalue weighted by molar-refractivity contribution is 5.78. The quantitative estimate of drug-likeness (QED) is 0.868. The molecule has 0 aliphatic carbocycles. The van der Waals surface area contributed by atoms with E-state index in [-0.39, 0.29) is 12.3 Å². The number of nitrogens with one attached hydrogen (secondary N) is 1. The van der Waals surface area contributed by atoms with Crippen LogP contribution in [0.25, 0.3) is 11.5 Å². The van der Waals surface area contributed by atoms with Crippen LogP contribution in [0.2, 0.25) is 0 Å². The molecule has 1 aromatic heterocycles. The topological polar surface area (TPSA) is 58.4 Å². The predicted octanol–water partition coefficient (Wildman–Crippen LogP) is 1.56. The fourth-order valence-corrected chi connectivity index (χ4v) is 1.80. The first-order chi connectivity index (χ1) is 9.70. The highest BCUT2D eigenvalue weighted by Gasteiger charge is 2.13. The first-order valence-electron chi connectivity index (χ1n) is 6.59. The van der Waals surface area contributed by atoms with Crippen molar-refractivity contribution < 1.29 is 9.21 Å². The number of oxazole rings is 1. The maximum absolute atomic E-state index is 12.0. The molecule has 0 spiro atoms. The summed E-state index contributed by atoms with van der Waals surface area (Å²) in [6.07, 6.45) is 1.81. The lowest BCUT2D eigenvalue weighted by molar-refractivity contribution is -0.129. The molecular formula is C15H19N3O2. The summed E-state index contributed by atoms with van der Waals surface area (Å²) in [5, 5.41) is 3.01. The van der Waals surface area contributed by atoms with Crippen LogP contribution in [0.5, 0.6) is 0 Å². The number of rotatable bonds is 6. The number of aromatic nitrogens is 1. The van der Waals surface area contributed by atoms with E-state index >= 15 is 0 Å². The molecule has 1 heterocycles. The molecule has 1 N–H and O–H groups in total. The van der Waals surface area contributed by atoms with Gasteiger partial charge in [-0.3, -0.25) is 4.79 Å². The van der Waals surface area contributed by atoms with E-state index in [4.69, 9.17) is 4.42 Å². The SMILES string of the molecule is CNCCN(C)C(=O)Cc1coc(-c2ccccc2)n1. The van der Waals surface area contributed by atoms with Crippen LogP contribution in [0.4, 0.5) is 0 Å². The summed E-state index contributed by atoms with van der Waals surface area (Å²) in [4.78, 5) is 18.0. The molecule has 0 radical (unpaired) electrons. The number of likely N-dealkylation sites (N-methyl/N-ethyl adjacent to an activating group) is 2. The summed E-state index contributed by atoms with van der Waals surface area (Å²) in [5.41, 5.74) is 1.57. The summed E-state index contributed by atoms with van der Waals surface area (Å²) in [6.45, 7) is 1.45. The Labute approximate surface area is 118 Å². The summed E-state index contributed by atoms with van der Waals surface area (Å²) in [6, 6.07) is 9.65. The number of nitrogens with zero attached hydrogens (tertiary/aromatic N) is 2. The lowest BCUT2D eigenvalue weighted by atomic mass is 10.2. The van der Waals surface area contributed by atoms with E-state index in [0.29, 0.717) is 18.1 Å². The van der Waals surface area contributed by atoms with Crippen LogP contribution in [0.3, 0.4) is 0 Å². The zero-order valence-corrected chi connectivity index (χ0v) is 11.8. The summed E-state index contributed by atoms with van der Waals surface area (Å²) in [7, 11) is 3.65. The van der Waals surface area contributed by atoms with E-state index in [2.05, 4.69) is 10.3 Å². The van der Waals surface area contributed by atoms with Crippen LogP contribution >= 0.6 is 0 Å². The highest BCUT2D eigenvalue weighted by atomic mass is 16.3. The van der Waals surface area contributed by atoms with Crippen LogP contribution in [0.15, 0.2) is 41.0 Å². The molecule has 0 saturated carbocycles. The molecule has 0 unspecified atom stereocenters. The number of benzene rings is 1. The Kier molecular flexibility index (Phi) is 4.90. The van der Waals surface area contributed by atoms with Crippen molar-refractivity contribution in [2.45, 2.75) is 6.42 Å². The molecule has 0 fully saturated rings. The molecule has 1 aromatic carbocycles. The Balaban J connectivity index is 1.98. The van der Waals surface area contributed by atoms with Gasteiger partial charge in [-0.25, -0.2) is 4.98 Å². The van der Waals surface area contributed by atoms with E-state index < -0.39 is 0 Å². The van der Waals surface area contributed by atoms with Gasteiger partial charge in [-0.1, -0.05) is 18.2 Å². The number of hydrogen-bond acceptors (Lipinski definition) is 4. The van der Waals surface area contributed by atoms with Gasteiger partial charge in [0, 0.05) is 25.7 Å². The molecule has 20 heavy (non-hydrogen) atoms. The third-order valence-electron chi connectivity index (χ3n) is 3.03. The molecule has 2 rings (SSSR count). The summed E-state index contributed by atoms with van der Waals surface area (Å²) >= 11 is 0. The average Bonchev–Trinajstić information content (AvgIpc) is 2.94. The lowest BCUT2D eigenvalue weighted by Gasteiger charge is -2.15. The number of hydrogen-bond donors (Lipinski definition) is 1. The van der Waals surface area contributed by atoms with Gasteiger partial charge >= 0.3 is 0 Å². The van der Waals surface area contributed by atoms with Crippen molar-refractivity contribution in [2.75, 3.05) is 27.2 Å². The van der Waals surface area contributed by atoms with Crippen molar-refractivity contribution in [1.29, 1.82) is 0 Å². The predicted molar refractivity (Wildman–Crippen MR) is 77.2 cm³/mol. The van der Waals surface area contributed by atoms with Gasteiger partial charge in [0.25, 0.3) is 0 Å². The van der Waals surface area contributed by atoms with Crippen LogP contribution in [-0.2, 0) is 11.2 Å². The molecule has 5 nitrogen and oxygen atoms in total. The number of carbonyl (C=O) groups is 1. The third kappa shape index (κ3) is 3.68. The molecule has 1 amide bonds.